The quantitative estimate of drug-likeness (QED) is 0.647. The van der Waals surface area contributed by atoms with Gasteiger partial charge in [0.2, 0.25) is 5.60 Å². The fraction of sp³-hybridized carbons (Fsp3) is 0.500. The molecule has 4 heteroatoms. The number of carbonyl (C=O) groups excluding carboxylic acids is 1. The van der Waals surface area contributed by atoms with Crippen LogP contribution in [-0.4, -0.2) is 41.2 Å². The van der Waals surface area contributed by atoms with Crippen molar-refractivity contribution in [3.63, 3.8) is 0 Å². The molecule has 2 aliphatic carbocycles. The second-order valence-corrected chi connectivity index (χ2v) is 8.69. The van der Waals surface area contributed by atoms with Gasteiger partial charge in [-0.15, -0.1) is 0 Å². The van der Waals surface area contributed by atoms with Gasteiger partial charge in [-0.1, -0.05) is 86.3 Å². The first kappa shape index (κ1) is 21.1. The van der Waals surface area contributed by atoms with Crippen molar-refractivity contribution in [3.8, 4) is 0 Å². The monoisotopic (exact) mass is 407 g/mol. The van der Waals surface area contributed by atoms with Crippen LogP contribution in [0, 0.1) is 0 Å². The molecule has 4 nitrogen and oxygen atoms in total. The number of aliphatic hydroxyl groups is 1. The largest absolute Gasteiger partial charge is 0.462 e. The normalized spacial score (nSPS) is 18.2. The highest BCUT2D eigenvalue weighted by Gasteiger charge is 2.41. The molecular formula is C26H33NO3. The van der Waals surface area contributed by atoms with Crippen LogP contribution in [0.3, 0.4) is 0 Å². The summed E-state index contributed by atoms with van der Waals surface area (Å²) in [5.41, 5.74) is -0.733. The molecule has 2 saturated carbocycles. The molecule has 160 valence electrons. The molecule has 2 aromatic rings. The number of ether oxygens (including phenoxy) is 1. The van der Waals surface area contributed by atoms with E-state index in [4.69, 9.17) is 4.74 Å². The number of rotatable bonds is 8. The van der Waals surface area contributed by atoms with Crippen LogP contribution in [0.2, 0.25) is 0 Å². The van der Waals surface area contributed by atoms with E-state index in [0.717, 1.165) is 6.54 Å². The maximum Gasteiger partial charge on any atom is 0.347 e. The molecule has 0 atom stereocenters. The van der Waals surface area contributed by atoms with Crippen molar-refractivity contribution >= 4 is 5.97 Å². The Balaban J connectivity index is 1.47. The number of carbonyl (C=O) groups is 1. The van der Waals surface area contributed by atoms with Crippen molar-refractivity contribution in [2.45, 2.75) is 69.1 Å². The second-order valence-electron chi connectivity index (χ2n) is 8.69. The Bertz CT molecular complexity index is 740. The molecule has 0 saturated heterocycles. The minimum absolute atomic E-state index is 0.313. The van der Waals surface area contributed by atoms with Gasteiger partial charge in [0, 0.05) is 18.6 Å². The number of hydrogen-bond acceptors (Lipinski definition) is 4. The Hall–Kier alpha value is -2.17. The third kappa shape index (κ3) is 4.45. The van der Waals surface area contributed by atoms with Crippen molar-refractivity contribution < 1.29 is 14.6 Å². The molecule has 2 aliphatic rings. The van der Waals surface area contributed by atoms with Crippen LogP contribution in [0.4, 0.5) is 0 Å². The van der Waals surface area contributed by atoms with Crippen LogP contribution >= 0.6 is 0 Å². The highest BCUT2D eigenvalue weighted by molar-refractivity contribution is 5.85. The molecule has 1 N–H and O–H groups in total. The summed E-state index contributed by atoms with van der Waals surface area (Å²) in [5.74, 6) is -0.599. The average Bonchev–Trinajstić information content (AvgIpc) is 3.52. The third-order valence-electron chi connectivity index (χ3n) is 6.85. The summed E-state index contributed by atoms with van der Waals surface area (Å²) in [6, 6.07) is 19.4. The topological polar surface area (TPSA) is 49.8 Å². The Kier molecular flexibility index (Phi) is 6.86. The second kappa shape index (κ2) is 9.76. The Labute approximate surface area is 179 Å². The van der Waals surface area contributed by atoms with Crippen LogP contribution in [0.15, 0.2) is 60.7 Å². The van der Waals surface area contributed by atoms with Gasteiger partial charge in [-0.25, -0.2) is 4.79 Å². The fourth-order valence-corrected chi connectivity index (χ4v) is 5.24. The van der Waals surface area contributed by atoms with Gasteiger partial charge < -0.3 is 9.84 Å². The summed E-state index contributed by atoms with van der Waals surface area (Å²) in [7, 11) is 0. The van der Waals surface area contributed by atoms with Gasteiger partial charge in [0.15, 0.2) is 0 Å². The predicted molar refractivity (Wildman–Crippen MR) is 118 cm³/mol. The van der Waals surface area contributed by atoms with E-state index in [0.29, 0.717) is 29.8 Å². The fourth-order valence-electron chi connectivity index (χ4n) is 5.24. The van der Waals surface area contributed by atoms with Gasteiger partial charge in [-0.3, -0.25) is 4.90 Å². The van der Waals surface area contributed by atoms with E-state index >= 15 is 0 Å². The first-order valence-corrected chi connectivity index (χ1v) is 11.5. The van der Waals surface area contributed by atoms with Gasteiger partial charge >= 0.3 is 5.97 Å². The van der Waals surface area contributed by atoms with E-state index < -0.39 is 11.6 Å². The summed E-state index contributed by atoms with van der Waals surface area (Å²) >= 11 is 0. The van der Waals surface area contributed by atoms with E-state index in [9.17, 15) is 9.90 Å². The molecule has 0 bridgehead atoms. The highest BCUT2D eigenvalue weighted by Crippen LogP contribution is 2.33. The lowest BCUT2D eigenvalue weighted by atomic mass is 9.86. The number of nitrogens with zero attached hydrogens (tertiary/aromatic N) is 1. The van der Waals surface area contributed by atoms with Gasteiger partial charge in [-0.2, -0.15) is 0 Å². The molecule has 2 fully saturated rings. The smallest absolute Gasteiger partial charge is 0.347 e. The van der Waals surface area contributed by atoms with Crippen molar-refractivity contribution in [1.82, 2.24) is 4.90 Å². The minimum Gasteiger partial charge on any atom is -0.462 e. The van der Waals surface area contributed by atoms with Crippen molar-refractivity contribution in [3.05, 3.63) is 71.8 Å². The molecule has 0 aliphatic heterocycles. The van der Waals surface area contributed by atoms with Crippen molar-refractivity contribution in [2.75, 3.05) is 13.2 Å². The molecule has 2 aromatic carbocycles. The van der Waals surface area contributed by atoms with Crippen molar-refractivity contribution in [2.24, 2.45) is 0 Å². The number of esters is 1. The van der Waals surface area contributed by atoms with Crippen LogP contribution in [-0.2, 0) is 15.1 Å². The highest BCUT2D eigenvalue weighted by atomic mass is 16.5. The summed E-state index contributed by atoms with van der Waals surface area (Å²) < 4.78 is 5.74. The van der Waals surface area contributed by atoms with Gasteiger partial charge in [0.1, 0.15) is 6.61 Å². The molecule has 0 radical (unpaired) electrons. The Morgan fingerprint density at radius 3 is 1.70 bits per heavy atom. The lowest BCUT2D eigenvalue weighted by molar-refractivity contribution is -0.163. The minimum atomic E-state index is -1.80. The molecule has 0 aromatic heterocycles. The summed E-state index contributed by atoms with van der Waals surface area (Å²) in [6.45, 7) is 1.06. The maximum absolute atomic E-state index is 13.2. The summed E-state index contributed by atoms with van der Waals surface area (Å²) in [5, 5.41) is 11.5. The van der Waals surface area contributed by atoms with E-state index in [1.807, 2.05) is 36.4 Å². The first-order valence-electron chi connectivity index (χ1n) is 11.5. The van der Waals surface area contributed by atoms with Crippen LogP contribution in [0.5, 0.6) is 0 Å². The number of benzene rings is 2. The van der Waals surface area contributed by atoms with Crippen LogP contribution in [0.25, 0.3) is 0 Å². The summed E-state index contributed by atoms with van der Waals surface area (Å²) in [4.78, 5) is 15.8. The van der Waals surface area contributed by atoms with E-state index in [-0.39, 0.29) is 0 Å². The standard InChI is InChI=1S/C26H33NO3/c28-25(26(29,21-11-3-1-4-12-21)22-13-5-2-6-14-22)30-20-19-27(23-15-7-8-16-23)24-17-9-10-18-24/h1-6,11-14,23-24,29H,7-10,15-20H2. The third-order valence-corrected chi connectivity index (χ3v) is 6.85. The van der Waals surface area contributed by atoms with Crippen molar-refractivity contribution in [1.29, 1.82) is 0 Å². The van der Waals surface area contributed by atoms with Crippen LogP contribution < -0.4 is 0 Å². The van der Waals surface area contributed by atoms with E-state index in [1.165, 1.54) is 51.4 Å². The predicted octanol–water partition coefficient (Wildman–Crippen LogP) is 4.65. The average molecular weight is 408 g/mol. The van der Waals surface area contributed by atoms with E-state index in [2.05, 4.69) is 4.90 Å². The zero-order valence-electron chi connectivity index (χ0n) is 17.7. The zero-order valence-corrected chi connectivity index (χ0v) is 17.7. The number of hydrogen-bond donors (Lipinski definition) is 1. The van der Waals surface area contributed by atoms with E-state index in [1.54, 1.807) is 24.3 Å². The SMILES string of the molecule is O=C(OCCN(C1CCCC1)C1CCCC1)C(O)(c1ccccc1)c1ccccc1. The molecule has 0 unspecified atom stereocenters. The molecule has 0 heterocycles. The Morgan fingerprint density at radius 1 is 0.833 bits per heavy atom. The lowest BCUT2D eigenvalue weighted by Gasteiger charge is -2.34. The molecule has 0 amide bonds. The van der Waals surface area contributed by atoms with Gasteiger partial charge in [-0.05, 0) is 36.8 Å². The summed E-state index contributed by atoms with van der Waals surface area (Å²) in [6.07, 6.45) is 10.2. The van der Waals surface area contributed by atoms with Gasteiger partial charge in [0.05, 0.1) is 0 Å². The lowest BCUT2D eigenvalue weighted by Crippen LogP contribution is -2.44. The molecule has 30 heavy (non-hydrogen) atoms. The zero-order chi connectivity index (χ0) is 20.8. The molecular weight excluding hydrogens is 374 g/mol. The van der Waals surface area contributed by atoms with Crippen LogP contribution in [0.1, 0.15) is 62.5 Å². The first-order chi connectivity index (χ1) is 14.7. The maximum atomic E-state index is 13.2. The molecule has 4 rings (SSSR count). The molecule has 0 spiro atoms. The van der Waals surface area contributed by atoms with Gasteiger partial charge in [0.25, 0.3) is 0 Å². The Morgan fingerprint density at radius 2 is 1.27 bits per heavy atom.